The van der Waals surface area contributed by atoms with Crippen LogP contribution in [-0.4, -0.2) is 46.5 Å². The van der Waals surface area contributed by atoms with Crippen LogP contribution in [0.5, 0.6) is 5.75 Å². The number of sulfonamides is 1. The van der Waals surface area contributed by atoms with E-state index in [1.807, 2.05) is 31.2 Å². The van der Waals surface area contributed by atoms with Crippen molar-refractivity contribution in [1.82, 2.24) is 20.7 Å². The van der Waals surface area contributed by atoms with E-state index >= 15 is 0 Å². The van der Waals surface area contributed by atoms with Gasteiger partial charge in [-0.25, -0.2) is 10.2 Å². The van der Waals surface area contributed by atoms with E-state index in [0.29, 0.717) is 5.56 Å². The maximum absolute atomic E-state index is 13.3. The fourth-order valence-corrected chi connectivity index (χ4v) is 5.74. The topological polar surface area (TPSA) is 147 Å². The van der Waals surface area contributed by atoms with Gasteiger partial charge in [-0.05, 0) is 43.7 Å². The lowest BCUT2D eigenvalue weighted by atomic mass is 9.95. The Labute approximate surface area is 219 Å². The Hall–Kier alpha value is -4.35. The number of aromatic amines is 1. The average Bonchev–Trinajstić information content (AvgIpc) is 3.44. The summed E-state index contributed by atoms with van der Waals surface area (Å²) in [5, 5.41) is 22.0. The highest BCUT2D eigenvalue weighted by Gasteiger charge is 2.49. The molecule has 2 unspecified atom stereocenters. The van der Waals surface area contributed by atoms with Gasteiger partial charge < -0.3 is 20.1 Å². The molecule has 1 fully saturated rings. The molecule has 1 aromatic heterocycles. The number of aromatic hydroxyl groups is 1. The molecule has 5 rings (SSSR count). The molecule has 3 aromatic carbocycles. The first-order chi connectivity index (χ1) is 18.1. The number of guanidine groups is 1. The molecule has 2 heterocycles. The maximum Gasteiger partial charge on any atom is 0.326 e. The van der Waals surface area contributed by atoms with Crippen LogP contribution in [0.4, 0.5) is 0 Å². The number of para-hydroxylation sites is 2. The standard InChI is InChI=1S/C27H27N5O5S/c1-17-11-13-19(14-12-17)38(36,37)30-26-29-31-27(2,21-8-4-6-10-24(21)33)32(26)23(25(34)35)15-18-16-28-22-9-5-3-7-20(18)22/h3-14,16,23,28,31,33H,15H2,1-2H3,(H,29,30)(H,34,35). The molecule has 0 radical (unpaired) electrons. The smallest absolute Gasteiger partial charge is 0.326 e. The Morgan fingerprint density at radius 3 is 2.45 bits per heavy atom. The Kier molecular flexibility index (Phi) is 6.33. The number of aliphatic carboxylic acids is 1. The van der Waals surface area contributed by atoms with Gasteiger partial charge in [-0.15, -0.1) is 4.40 Å². The Balaban J connectivity index is 1.65. The number of carboxylic acid groups (broad SMARTS) is 1. The fraction of sp³-hybridized carbons (Fsp3) is 0.185. The van der Waals surface area contributed by atoms with Gasteiger partial charge in [-0.1, -0.05) is 54.1 Å². The predicted octanol–water partition coefficient (Wildman–Crippen LogP) is 3.21. The molecule has 4 aromatic rings. The van der Waals surface area contributed by atoms with E-state index in [-0.39, 0.29) is 23.0 Å². The van der Waals surface area contributed by atoms with Crippen molar-refractivity contribution in [2.24, 2.45) is 4.40 Å². The molecule has 0 spiro atoms. The van der Waals surface area contributed by atoms with E-state index in [1.165, 1.54) is 23.1 Å². The van der Waals surface area contributed by atoms with Crippen LogP contribution in [-0.2, 0) is 26.9 Å². The first kappa shape index (κ1) is 25.3. The highest BCUT2D eigenvalue weighted by molar-refractivity contribution is 7.90. The van der Waals surface area contributed by atoms with Crippen LogP contribution < -0.4 is 10.9 Å². The normalized spacial score (nSPS) is 19.5. The summed E-state index contributed by atoms with van der Waals surface area (Å²) in [5.74, 6) is -1.49. The second-order valence-electron chi connectivity index (χ2n) is 9.33. The minimum Gasteiger partial charge on any atom is -0.508 e. The van der Waals surface area contributed by atoms with Gasteiger partial charge in [0.2, 0.25) is 5.96 Å². The summed E-state index contributed by atoms with van der Waals surface area (Å²) in [5.41, 5.74) is 7.19. The third-order valence-corrected chi connectivity index (χ3v) is 8.05. The molecule has 0 aliphatic carbocycles. The summed E-state index contributed by atoms with van der Waals surface area (Å²) in [4.78, 5) is 17.3. The van der Waals surface area contributed by atoms with Gasteiger partial charge in [-0.2, -0.15) is 8.42 Å². The van der Waals surface area contributed by atoms with Crippen LogP contribution >= 0.6 is 0 Å². The van der Waals surface area contributed by atoms with E-state index in [4.69, 9.17) is 0 Å². The Morgan fingerprint density at radius 2 is 1.74 bits per heavy atom. The highest BCUT2D eigenvalue weighted by Crippen LogP contribution is 2.37. The Bertz CT molecular complexity index is 1650. The minimum absolute atomic E-state index is 0.0233. The molecular weight excluding hydrogens is 506 g/mol. The number of carboxylic acids is 1. The van der Waals surface area contributed by atoms with Crippen molar-refractivity contribution in [1.29, 1.82) is 0 Å². The van der Waals surface area contributed by atoms with E-state index in [1.54, 1.807) is 43.5 Å². The number of phenols is 1. The van der Waals surface area contributed by atoms with Crippen LogP contribution in [0.1, 0.15) is 23.6 Å². The zero-order chi connectivity index (χ0) is 27.1. The highest BCUT2D eigenvalue weighted by atomic mass is 32.2. The molecule has 1 aliphatic rings. The lowest BCUT2D eigenvalue weighted by Crippen LogP contribution is -2.55. The van der Waals surface area contributed by atoms with Crippen molar-refractivity contribution in [2.75, 3.05) is 0 Å². The molecule has 5 N–H and O–H groups in total. The number of rotatable bonds is 7. The van der Waals surface area contributed by atoms with Crippen LogP contribution in [0.2, 0.25) is 0 Å². The summed E-state index contributed by atoms with van der Waals surface area (Å²) in [7, 11) is -4.21. The van der Waals surface area contributed by atoms with Gasteiger partial charge in [0.05, 0.1) is 4.90 Å². The zero-order valence-corrected chi connectivity index (χ0v) is 21.5. The van der Waals surface area contributed by atoms with Crippen LogP contribution in [0.3, 0.4) is 0 Å². The molecule has 0 saturated carbocycles. The van der Waals surface area contributed by atoms with Gasteiger partial charge >= 0.3 is 5.97 Å². The van der Waals surface area contributed by atoms with Gasteiger partial charge in [0.1, 0.15) is 17.5 Å². The summed E-state index contributed by atoms with van der Waals surface area (Å²) < 4.78 is 30.5. The molecule has 1 saturated heterocycles. The monoisotopic (exact) mass is 533 g/mol. The second-order valence-corrected chi connectivity index (χ2v) is 10.9. The summed E-state index contributed by atoms with van der Waals surface area (Å²) >= 11 is 0. The minimum atomic E-state index is -4.21. The first-order valence-corrected chi connectivity index (χ1v) is 13.3. The van der Waals surface area contributed by atoms with Gasteiger partial charge in [0.25, 0.3) is 10.0 Å². The number of H-pyrrole nitrogens is 1. The molecule has 1 aliphatic heterocycles. The molecule has 38 heavy (non-hydrogen) atoms. The molecule has 0 amide bonds. The van der Waals surface area contributed by atoms with Crippen molar-refractivity contribution in [2.45, 2.75) is 36.9 Å². The Morgan fingerprint density at radius 1 is 1.05 bits per heavy atom. The van der Waals surface area contributed by atoms with Gasteiger partial charge in [0.15, 0.2) is 0 Å². The third kappa shape index (κ3) is 4.46. The predicted molar refractivity (Wildman–Crippen MR) is 143 cm³/mol. The van der Waals surface area contributed by atoms with Gasteiger partial charge in [0, 0.05) is 29.1 Å². The van der Waals surface area contributed by atoms with Gasteiger partial charge in [-0.3, -0.25) is 5.43 Å². The lowest BCUT2D eigenvalue weighted by molar-refractivity contribution is -0.143. The van der Waals surface area contributed by atoms with Crippen LogP contribution in [0.25, 0.3) is 10.9 Å². The summed E-state index contributed by atoms with van der Waals surface area (Å²) in [6, 6.07) is 18.9. The molecule has 10 nitrogen and oxygen atoms in total. The molecule has 0 bridgehead atoms. The number of aromatic nitrogens is 1. The van der Waals surface area contributed by atoms with Crippen molar-refractivity contribution >= 4 is 32.9 Å². The van der Waals surface area contributed by atoms with Crippen molar-refractivity contribution in [3.63, 3.8) is 0 Å². The van der Waals surface area contributed by atoms with E-state index in [0.717, 1.165) is 22.0 Å². The largest absolute Gasteiger partial charge is 0.508 e. The number of nitrogens with one attached hydrogen (secondary N) is 3. The summed E-state index contributed by atoms with van der Waals surface area (Å²) in [6.45, 7) is 3.49. The van der Waals surface area contributed by atoms with Crippen molar-refractivity contribution in [3.8, 4) is 5.75 Å². The summed E-state index contributed by atoms with van der Waals surface area (Å²) in [6.07, 6.45) is 1.77. The lowest BCUT2D eigenvalue weighted by Gasteiger charge is -2.38. The molecule has 196 valence electrons. The number of phenolic OH excluding ortho intramolecular Hbond substituents is 1. The molecule has 11 heteroatoms. The van der Waals surface area contributed by atoms with Crippen molar-refractivity contribution in [3.05, 3.63) is 95.7 Å². The fourth-order valence-electron chi connectivity index (χ4n) is 4.79. The SMILES string of the molecule is Cc1ccc(S(=O)(=O)/N=C2\NNC(C)(c3ccccc3O)N2C(Cc2c[nH]c3ccccc23)C(=O)O)cc1. The third-order valence-electron chi connectivity index (χ3n) is 6.77. The van der Waals surface area contributed by atoms with E-state index in [2.05, 4.69) is 20.2 Å². The zero-order valence-electron chi connectivity index (χ0n) is 20.7. The molecular formula is C27H27N5O5S. The van der Waals surface area contributed by atoms with E-state index < -0.39 is 27.7 Å². The van der Waals surface area contributed by atoms with E-state index in [9.17, 15) is 23.4 Å². The number of hydrogen-bond donors (Lipinski definition) is 5. The number of hydrogen-bond acceptors (Lipinski definition) is 5. The van der Waals surface area contributed by atoms with Crippen LogP contribution in [0, 0.1) is 6.92 Å². The number of aryl methyl sites for hydroxylation is 1. The van der Waals surface area contributed by atoms with Crippen LogP contribution in [0.15, 0.2) is 88.3 Å². The quantitative estimate of drug-likeness (QED) is 0.243. The average molecular weight is 534 g/mol. The number of hydrazine groups is 1. The molecule has 2 atom stereocenters. The number of carbonyl (C=O) groups is 1. The number of fused-ring (bicyclic) bond motifs is 1. The second kappa shape index (κ2) is 9.51. The van der Waals surface area contributed by atoms with Crippen molar-refractivity contribution < 1.29 is 23.4 Å². The number of benzene rings is 3. The maximum atomic E-state index is 13.3. The first-order valence-electron chi connectivity index (χ1n) is 11.9. The number of nitrogens with zero attached hydrogens (tertiary/aromatic N) is 2.